The molecule has 1 aromatic heterocycles. The van der Waals surface area contributed by atoms with E-state index in [0.29, 0.717) is 0 Å². The van der Waals surface area contributed by atoms with Crippen molar-refractivity contribution in [1.82, 2.24) is 9.78 Å². The monoisotopic (exact) mass is 244 g/mol. The average molecular weight is 244 g/mol. The average Bonchev–Trinajstić information content (AvgIpc) is 2.73. The Morgan fingerprint density at radius 3 is 2.61 bits per heavy atom. The van der Waals surface area contributed by atoms with Gasteiger partial charge in [0.1, 0.15) is 0 Å². The molecule has 4 heteroatoms. The van der Waals surface area contributed by atoms with E-state index >= 15 is 0 Å². The minimum absolute atomic E-state index is 0.0897. The highest BCUT2D eigenvalue weighted by Gasteiger charge is 2.14. The zero-order valence-corrected chi connectivity index (χ0v) is 10.8. The molecular formula is C14H16N2O2. The number of carbonyl (C=O) groups is 1. The van der Waals surface area contributed by atoms with Crippen molar-refractivity contribution >= 4 is 5.97 Å². The minimum atomic E-state index is -0.992. The predicted octanol–water partition coefficient (Wildman–Crippen LogP) is 2.75. The zero-order valence-electron chi connectivity index (χ0n) is 10.8. The van der Waals surface area contributed by atoms with Gasteiger partial charge in [0, 0.05) is 5.69 Å². The summed E-state index contributed by atoms with van der Waals surface area (Å²) in [7, 11) is 0. The molecule has 0 aliphatic rings. The van der Waals surface area contributed by atoms with Crippen LogP contribution in [0.3, 0.4) is 0 Å². The van der Waals surface area contributed by atoms with Crippen LogP contribution < -0.4 is 0 Å². The van der Waals surface area contributed by atoms with Crippen molar-refractivity contribution in [2.45, 2.75) is 27.2 Å². The van der Waals surface area contributed by atoms with Crippen LogP contribution in [-0.2, 0) is 6.42 Å². The summed E-state index contributed by atoms with van der Waals surface area (Å²) in [6.45, 7) is 6.02. The van der Waals surface area contributed by atoms with Crippen molar-refractivity contribution in [3.8, 4) is 5.69 Å². The molecule has 0 saturated heterocycles. The quantitative estimate of drug-likeness (QED) is 0.903. The fraction of sp³-hybridized carbons (Fsp3) is 0.286. The number of aromatic nitrogens is 2. The predicted molar refractivity (Wildman–Crippen MR) is 69.4 cm³/mol. The Balaban J connectivity index is 2.58. The second kappa shape index (κ2) is 4.64. The Morgan fingerprint density at radius 1 is 1.33 bits per heavy atom. The highest BCUT2D eigenvalue weighted by atomic mass is 16.4. The normalized spacial score (nSPS) is 10.6. The van der Waals surface area contributed by atoms with Crippen LogP contribution >= 0.6 is 0 Å². The molecule has 0 bridgehead atoms. The molecular weight excluding hydrogens is 228 g/mol. The molecule has 0 radical (unpaired) electrons. The topological polar surface area (TPSA) is 55.1 Å². The Hall–Kier alpha value is -2.10. The van der Waals surface area contributed by atoms with Crippen LogP contribution in [0.4, 0.5) is 0 Å². The maximum atomic E-state index is 11.0. The molecule has 1 N–H and O–H groups in total. The van der Waals surface area contributed by atoms with Crippen LogP contribution in [0.5, 0.6) is 0 Å². The first-order valence-corrected chi connectivity index (χ1v) is 5.92. The Kier molecular flexibility index (Phi) is 3.19. The number of rotatable bonds is 3. The van der Waals surface area contributed by atoms with Crippen LogP contribution in [0.1, 0.15) is 34.2 Å². The third-order valence-corrected chi connectivity index (χ3v) is 2.94. The molecule has 0 saturated carbocycles. The van der Waals surface area contributed by atoms with E-state index in [0.717, 1.165) is 23.4 Å². The fourth-order valence-corrected chi connectivity index (χ4v) is 2.03. The highest BCUT2D eigenvalue weighted by Crippen LogP contribution is 2.18. The Bertz CT molecular complexity index is 600. The van der Waals surface area contributed by atoms with E-state index in [1.165, 1.54) is 5.56 Å². The van der Waals surface area contributed by atoms with E-state index < -0.39 is 5.97 Å². The molecule has 0 aliphatic heterocycles. The van der Waals surface area contributed by atoms with Gasteiger partial charge in [0.15, 0.2) is 5.69 Å². The summed E-state index contributed by atoms with van der Waals surface area (Å²) in [5.41, 5.74) is 4.20. The van der Waals surface area contributed by atoms with E-state index in [9.17, 15) is 4.79 Å². The summed E-state index contributed by atoms with van der Waals surface area (Å²) in [5, 5.41) is 13.2. The second-order valence-corrected chi connectivity index (χ2v) is 4.38. The first kappa shape index (κ1) is 12.4. The van der Waals surface area contributed by atoms with Gasteiger partial charge in [0.05, 0.1) is 5.69 Å². The Morgan fingerprint density at radius 2 is 2.06 bits per heavy atom. The number of hydrogen-bond acceptors (Lipinski definition) is 2. The summed E-state index contributed by atoms with van der Waals surface area (Å²) in [5.74, 6) is -0.992. The van der Waals surface area contributed by atoms with Crippen molar-refractivity contribution in [3.63, 3.8) is 0 Å². The summed E-state index contributed by atoms with van der Waals surface area (Å²) >= 11 is 0. The Labute approximate surface area is 106 Å². The van der Waals surface area contributed by atoms with Gasteiger partial charge >= 0.3 is 5.97 Å². The minimum Gasteiger partial charge on any atom is -0.476 e. The molecule has 2 aromatic rings. The highest BCUT2D eigenvalue weighted by molar-refractivity contribution is 5.85. The van der Waals surface area contributed by atoms with Crippen LogP contribution in [0.15, 0.2) is 24.3 Å². The van der Waals surface area contributed by atoms with Gasteiger partial charge in [-0.05, 0) is 38.0 Å². The van der Waals surface area contributed by atoms with Gasteiger partial charge in [0.2, 0.25) is 0 Å². The van der Waals surface area contributed by atoms with Crippen molar-refractivity contribution in [2.24, 2.45) is 0 Å². The van der Waals surface area contributed by atoms with Gasteiger partial charge in [-0.15, -0.1) is 0 Å². The van der Waals surface area contributed by atoms with Crippen LogP contribution in [0.2, 0.25) is 0 Å². The SMILES string of the molecule is CCc1cc(C(=O)O)nn1-c1ccc(C)cc1C. The van der Waals surface area contributed by atoms with Gasteiger partial charge in [-0.3, -0.25) is 0 Å². The van der Waals surface area contributed by atoms with Gasteiger partial charge < -0.3 is 5.11 Å². The molecule has 2 rings (SSSR count). The van der Waals surface area contributed by atoms with Gasteiger partial charge in [-0.2, -0.15) is 5.10 Å². The third kappa shape index (κ3) is 2.14. The molecule has 0 spiro atoms. The van der Waals surface area contributed by atoms with Crippen molar-refractivity contribution in [3.05, 3.63) is 46.8 Å². The molecule has 94 valence electrons. The molecule has 0 unspecified atom stereocenters. The summed E-state index contributed by atoms with van der Waals surface area (Å²) in [6, 6.07) is 7.67. The fourth-order valence-electron chi connectivity index (χ4n) is 2.03. The lowest BCUT2D eigenvalue weighted by Gasteiger charge is -2.09. The van der Waals surface area contributed by atoms with Gasteiger partial charge in [-0.1, -0.05) is 24.6 Å². The van der Waals surface area contributed by atoms with E-state index in [2.05, 4.69) is 11.2 Å². The summed E-state index contributed by atoms with van der Waals surface area (Å²) < 4.78 is 1.72. The first-order valence-electron chi connectivity index (χ1n) is 5.92. The smallest absolute Gasteiger partial charge is 0.356 e. The maximum Gasteiger partial charge on any atom is 0.356 e. The number of benzene rings is 1. The number of carboxylic acid groups (broad SMARTS) is 1. The number of carboxylic acids is 1. The van der Waals surface area contributed by atoms with Crippen LogP contribution in [0, 0.1) is 13.8 Å². The molecule has 4 nitrogen and oxygen atoms in total. The van der Waals surface area contributed by atoms with Crippen LogP contribution in [0.25, 0.3) is 5.69 Å². The maximum absolute atomic E-state index is 11.0. The lowest BCUT2D eigenvalue weighted by molar-refractivity contribution is 0.0690. The lowest BCUT2D eigenvalue weighted by Crippen LogP contribution is -2.05. The summed E-state index contributed by atoms with van der Waals surface area (Å²) in [6.07, 6.45) is 0.744. The number of aromatic carboxylic acids is 1. The third-order valence-electron chi connectivity index (χ3n) is 2.94. The number of aryl methyl sites for hydroxylation is 3. The molecule has 0 amide bonds. The molecule has 0 aliphatic carbocycles. The lowest BCUT2D eigenvalue weighted by atomic mass is 10.1. The summed E-state index contributed by atoms with van der Waals surface area (Å²) in [4.78, 5) is 11.0. The van der Waals surface area contributed by atoms with E-state index in [-0.39, 0.29) is 5.69 Å². The standard InChI is InChI=1S/C14H16N2O2/c1-4-11-8-12(14(17)18)15-16(11)13-6-5-9(2)7-10(13)3/h5-8H,4H2,1-3H3,(H,17,18). The van der Waals surface area contributed by atoms with Gasteiger partial charge in [0.25, 0.3) is 0 Å². The van der Waals surface area contributed by atoms with E-state index in [1.54, 1.807) is 10.7 Å². The number of nitrogens with zero attached hydrogens (tertiary/aromatic N) is 2. The second-order valence-electron chi connectivity index (χ2n) is 4.38. The number of hydrogen-bond donors (Lipinski definition) is 1. The zero-order chi connectivity index (χ0) is 13.3. The van der Waals surface area contributed by atoms with Gasteiger partial charge in [-0.25, -0.2) is 9.48 Å². The van der Waals surface area contributed by atoms with E-state index in [1.807, 2.05) is 32.9 Å². The molecule has 0 fully saturated rings. The molecule has 1 heterocycles. The van der Waals surface area contributed by atoms with Crippen molar-refractivity contribution in [2.75, 3.05) is 0 Å². The molecule has 1 aromatic carbocycles. The van der Waals surface area contributed by atoms with Crippen molar-refractivity contribution < 1.29 is 9.90 Å². The van der Waals surface area contributed by atoms with E-state index in [4.69, 9.17) is 5.11 Å². The molecule has 18 heavy (non-hydrogen) atoms. The van der Waals surface area contributed by atoms with Crippen LogP contribution in [-0.4, -0.2) is 20.9 Å². The first-order chi connectivity index (χ1) is 8.52. The molecule has 0 atom stereocenters. The largest absolute Gasteiger partial charge is 0.476 e. The van der Waals surface area contributed by atoms with Crippen molar-refractivity contribution in [1.29, 1.82) is 0 Å².